The van der Waals surface area contributed by atoms with Crippen LogP contribution in [0.2, 0.25) is 0 Å². The highest BCUT2D eigenvalue weighted by Crippen LogP contribution is 2.17. The summed E-state index contributed by atoms with van der Waals surface area (Å²) >= 11 is 0. The van der Waals surface area contributed by atoms with E-state index in [4.69, 9.17) is 4.42 Å². The molecule has 1 aromatic heterocycles. The number of carbonyl (C=O) groups is 1. The summed E-state index contributed by atoms with van der Waals surface area (Å²) in [5.41, 5.74) is 0.726. The molecule has 1 N–H and O–H groups in total. The zero-order valence-corrected chi connectivity index (χ0v) is 9.54. The first-order valence-corrected chi connectivity index (χ1v) is 5.38. The van der Waals surface area contributed by atoms with Gasteiger partial charge in [-0.3, -0.25) is 4.79 Å². The molecule has 84 valence electrons. The van der Waals surface area contributed by atoms with Crippen LogP contribution in [-0.4, -0.2) is 17.4 Å². The van der Waals surface area contributed by atoms with Gasteiger partial charge in [-0.15, -0.1) is 0 Å². The molecule has 0 unspecified atom stereocenters. The third-order valence-electron chi connectivity index (χ3n) is 2.16. The minimum Gasteiger partial charge on any atom is -0.438 e. The zero-order valence-electron chi connectivity index (χ0n) is 9.54. The summed E-state index contributed by atoms with van der Waals surface area (Å²) in [5.74, 6) is 0.390. The monoisotopic (exact) mass is 210 g/mol. The van der Waals surface area contributed by atoms with Gasteiger partial charge < -0.3 is 9.73 Å². The first-order chi connectivity index (χ1) is 7.16. The van der Waals surface area contributed by atoms with Crippen molar-refractivity contribution < 1.29 is 9.21 Å². The molecule has 0 aliphatic heterocycles. The Bertz CT molecular complexity index is 318. The van der Waals surface area contributed by atoms with Crippen LogP contribution in [0.5, 0.6) is 0 Å². The Morgan fingerprint density at radius 2 is 2.33 bits per heavy atom. The molecule has 0 spiro atoms. The normalized spacial score (nSPS) is 10.7. The number of amides is 1. The lowest BCUT2D eigenvalue weighted by Crippen LogP contribution is -2.25. The van der Waals surface area contributed by atoms with Gasteiger partial charge in [-0.2, -0.15) is 0 Å². The summed E-state index contributed by atoms with van der Waals surface area (Å²) in [7, 11) is 0. The molecule has 0 aliphatic carbocycles. The van der Waals surface area contributed by atoms with Crippen molar-refractivity contribution in [2.75, 3.05) is 6.54 Å². The van der Waals surface area contributed by atoms with Crippen molar-refractivity contribution in [2.45, 2.75) is 39.5 Å². The van der Waals surface area contributed by atoms with Crippen LogP contribution in [0.4, 0.5) is 0 Å². The van der Waals surface area contributed by atoms with Crippen molar-refractivity contribution >= 4 is 5.91 Å². The lowest BCUT2D eigenvalue weighted by Gasteiger charge is -2.04. The van der Waals surface area contributed by atoms with Gasteiger partial charge in [0.15, 0.2) is 6.39 Å². The van der Waals surface area contributed by atoms with E-state index in [0.29, 0.717) is 12.3 Å². The van der Waals surface area contributed by atoms with Crippen molar-refractivity contribution in [2.24, 2.45) is 0 Å². The summed E-state index contributed by atoms with van der Waals surface area (Å²) in [6.45, 7) is 6.75. The van der Waals surface area contributed by atoms with Crippen molar-refractivity contribution in [1.82, 2.24) is 10.3 Å². The fourth-order valence-corrected chi connectivity index (χ4v) is 1.29. The number of unbranched alkanes of at least 4 members (excludes halogenated alkanes) is 1. The minimum atomic E-state index is -0.162. The summed E-state index contributed by atoms with van der Waals surface area (Å²) in [4.78, 5) is 15.7. The molecule has 0 bridgehead atoms. The summed E-state index contributed by atoms with van der Waals surface area (Å²) in [6.07, 6.45) is 3.37. The van der Waals surface area contributed by atoms with Gasteiger partial charge in [0.1, 0.15) is 0 Å². The Morgan fingerprint density at radius 1 is 1.60 bits per heavy atom. The van der Waals surface area contributed by atoms with E-state index in [-0.39, 0.29) is 11.8 Å². The Labute approximate surface area is 90.1 Å². The molecule has 0 aromatic carbocycles. The minimum absolute atomic E-state index is 0.162. The van der Waals surface area contributed by atoms with Crippen LogP contribution >= 0.6 is 0 Å². The maximum atomic E-state index is 11.7. The number of rotatable bonds is 5. The van der Waals surface area contributed by atoms with Gasteiger partial charge >= 0.3 is 0 Å². The number of hydrogen-bond acceptors (Lipinski definition) is 3. The van der Waals surface area contributed by atoms with Crippen LogP contribution in [-0.2, 0) is 0 Å². The third-order valence-corrected chi connectivity index (χ3v) is 2.16. The predicted octanol–water partition coefficient (Wildman–Crippen LogP) is 2.33. The van der Waals surface area contributed by atoms with Crippen LogP contribution in [0.25, 0.3) is 0 Å². The highest BCUT2D eigenvalue weighted by molar-refractivity contribution is 5.92. The van der Waals surface area contributed by atoms with E-state index in [1.165, 1.54) is 6.39 Å². The van der Waals surface area contributed by atoms with E-state index in [2.05, 4.69) is 17.2 Å². The van der Waals surface area contributed by atoms with Crippen LogP contribution in [0.3, 0.4) is 0 Å². The van der Waals surface area contributed by atoms with Gasteiger partial charge in [-0.25, -0.2) is 4.98 Å². The highest BCUT2D eigenvalue weighted by atomic mass is 16.3. The highest BCUT2D eigenvalue weighted by Gasteiger charge is 2.18. The second kappa shape index (κ2) is 5.53. The van der Waals surface area contributed by atoms with Gasteiger partial charge in [0.05, 0.1) is 5.69 Å². The lowest BCUT2D eigenvalue weighted by atomic mass is 10.1. The van der Waals surface area contributed by atoms with Crippen molar-refractivity contribution in [3.8, 4) is 0 Å². The van der Waals surface area contributed by atoms with Crippen LogP contribution < -0.4 is 5.32 Å². The fourth-order valence-electron chi connectivity index (χ4n) is 1.29. The standard InChI is InChI=1S/C11H18N2O2/c1-4-5-6-12-11(14)10-9(8(2)3)13-7-15-10/h7-8H,4-6H2,1-3H3,(H,12,14). The van der Waals surface area contributed by atoms with E-state index in [1.54, 1.807) is 0 Å². The fraction of sp³-hybridized carbons (Fsp3) is 0.636. The molecule has 0 atom stereocenters. The quantitative estimate of drug-likeness (QED) is 0.759. The molecule has 0 saturated carbocycles. The summed E-state index contributed by atoms with van der Waals surface area (Å²) < 4.78 is 5.10. The SMILES string of the molecule is CCCCNC(=O)c1ocnc1C(C)C. The number of oxazole rings is 1. The molecule has 1 aromatic rings. The Morgan fingerprint density at radius 3 is 2.93 bits per heavy atom. The molecule has 15 heavy (non-hydrogen) atoms. The average molecular weight is 210 g/mol. The number of hydrogen-bond donors (Lipinski definition) is 1. The molecular formula is C11H18N2O2. The first kappa shape index (κ1) is 11.8. The average Bonchev–Trinajstić information content (AvgIpc) is 2.66. The molecule has 0 saturated heterocycles. The number of nitrogens with one attached hydrogen (secondary N) is 1. The number of carbonyl (C=O) groups excluding carboxylic acids is 1. The van der Waals surface area contributed by atoms with E-state index >= 15 is 0 Å². The van der Waals surface area contributed by atoms with Crippen LogP contribution in [0.1, 0.15) is 55.8 Å². The van der Waals surface area contributed by atoms with Crippen molar-refractivity contribution in [1.29, 1.82) is 0 Å². The predicted molar refractivity (Wildman–Crippen MR) is 57.8 cm³/mol. The number of nitrogens with zero attached hydrogens (tertiary/aromatic N) is 1. The lowest BCUT2D eigenvalue weighted by molar-refractivity contribution is 0.0923. The summed E-state index contributed by atoms with van der Waals surface area (Å²) in [6, 6.07) is 0. The molecule has 4 nitrogen and oxygen atoms in total. The molecule has 1 heterocycles. The number of aromatic nitrogens is 1. The van der Waals surface area contributed by atoms with Crippen molar-refractivity contribution in [3.05, 3.63) is 17.8 Å². The van der Waals surface area contributed by atoms with E-state index in [0.717, 1.165) is 18.5 Å². The van der Waals surface area contributed by atoms with Gasteiger partial charge in [-0.1, -0.05) is 27.2 Å². The second-order valence-corrected chi connectivity index (χ2v) is 3.83. The largest absolute Gasteiger partial charge is 0.438 e. The molecule has 0 aliphatic rings. The van der Waals surface area contributed by atoms with Crippen molar-refractivity contribution in [3.63, 3.8) is 0 Å². The third kappa shape index (κ3) is 3.08. The molecule has 4 heteroatoms. The topological polar surface area (TPSA) is 55.1 Å². The van der Waals surface area contributed by atoms with Crippen LogP contribution in [0.15, 0.2) is 10.8 Å². The summed E-state index contributed by atoms with van der Waals surface area (Å²) in [5, 5.41) is 2.81. The molecule has 1 rings (SSSR count). The second-order valence-electron chi connectivity index (χ2n) is 3.83. The van der Waals surface area contributed by atoms with Gasteiger partial charge in [0, 0.05) is 6.54 Å². The Hall–Kier alpha value is -1.32. The van der Waals surface area contributed by atoms with E-state index in [1.807, 2.05) is 13.8 Å². The van der Waals surface area contributed by atoms with E-state index < -0.39 is 0 Å². The Kier molecular flexibility index (Phi) is 4.34. The maximum Gasteiger partial charge on any atom is 0.289 e. The van der Waals surface area contributed by atoms with Gasteiger partial charge in [-0.05, 0) is 12.3 Å². The van der Waals surface area contributed by atoms with Gasteiger partial charge in [0.25, 0.3) is 5.91 Å². The zero-order chi connectivity index (χ0) is 11.3. The molecule has 0 fully saturated rings. The first-order valence-electron chi connectivity index (χ1n) is 5.38. The smallest absolute Gasteiger partial charge is 0.289 e. The molecular weight excluding hydrogens is 192 g/mol. The Balaban J connectivity index is 2.61. The maximum absolute atomic E-state index is 11.7. The van der Waals surface area contributed by atoms with Gasteiger partial charge in [0.2, 0.25) is 5.76 Å². The van der Waals surface area contributed by atoms with E-state index in [9.17, 15) is 4.79 Å². The van der Waals surface area contributed by atoms with Crippen LogP contribution in [0, 0.1) is 0 Å². The molecule has 0 radical (unpaired) electrons. The molecule has 1 amide bonds.